The second-order valence-electron chi connectivity index (χ2n) is 10.2. The SMILES string of the molecule is CCOC(=O)c1cn(Cc2c(F)cccc2F)c2nc(-c3ccc(OC(C)=O)cc3)c(CN(C)Cc3ccccc3)n2c1=O. The van der Waals surface area contributed by atoms with Crippen LogP contribution in [-0.4, -0.2) is 44.4 Å². The number of benzene rings is 3. The van der Waals surface area contributed by atoms with Gasteiger partial charge in [0, 0.05) is 37.3 Å². The van der Waals surface area contributed by atoms with Gasteiger partial charge in [-0.2, -0.15) is 0 Å². The van der Waals surface area contributed by atoms with Gasteiger partial charge in [0.25, 0.3) is 5.56 Å². The summed E-state index contributed by atoms with van der Waals surface area (Å²) >= 11 is 0. The molecule has 0 unspecified atom stereocenters. The minimum Gasteiger partial charge on any atom is -0.462 e. The average molecular weight is 601 g/mol. The van der Waals surface area contributed by atoms with Crippen molar-refractivity contribution in [1.29, 1.82) is 0 Å². The molecule has 0 N–H and O–H groups in total. The molecule has 0 saturated carbocycles. The highest BCUT2D eigenvalue weighted by Gasteiger charge is 2.25. The molecule has 5 rings (SSSR count). The van der Waals surface area contributed by atoms with Crippen molar-refractivity contribution in [2.75, 3.05) is 13.7 Å². The maximum atomic E-state index is 14.8. The molecule has 0 spiro atoms. The summed E-state index contributed by atoms with van der Waals surface area (Å²) in [5.41, 5.74) is 1.23. The van der Waals surface area contributed by atoms with Crippen molar-refractivity contribution in [1.82, 2.24) is 18.9 Å². The average Bonchev–Trinajstić information content (AvgIpc) is 3.36. The molecule has 2 aromatic heterocycles. The summed E-state index contributed by atoms with van der Waals surface area (Å²) in [6.07, 6.45) is 1.22. The predicted molar refractivity (Wildman–Crippen MR) is 159 cm³/mol. The molecule has 3 aromatic carbocycles. The molecule has 2 heterocycles. The predicted octanol–water partition coefficient (Wildman–Crippen LogP) is 5.22. The van der Waals surface area contributed by atoms with Gasteiger partial charge in [-0.15, -0.1) is 0 Å². The first kappa shape index (κ1) is 30.3. The molecule has 0 amide bonds. The number of hydrogen-bond acceptors (Lipinski definition) is 7. The highest BCUT2D eigenvalue weighted by atomic mass is 19.1. The quantitative estimate of drug-likeness (QED) is 0.160. The molecule has 9 nitrogen and oxygen atoms in total. The van der Waals surface area contributed by atoms with E-state index in [4.69, 9.17) is 14.5 Å². The molecule has 11 heteroatoms. The topological polar surface area (TPSA) is 95.1 Å². The lowest BCUT2D eigenvalue weighted by Crippen LogP contribution is -2.29. The highest BCUT2D eigenvalue weighted by Crippen LogP contribution is 2.28. The lowest BCUT2D eigenvalue weighted by Gasteiger charge is -2.18. The number of aromatic nitrogens is 3. The fourth-order valence-electron chi connectivity index (χ4n) is 4.99. The number of carbonyl (C=O) groups excluding carboxylic acids is 2. The third-order valence-electron chi connectivity index (χ3n) is 6.92. The number of carbonyl (C=O) groups is 2. The van der Waals surface area contributed by atoms with Gasteiger partial charge in [0.15, 0.2) is 0 Å². The van der Waals surface area contributed by atoms with E-state index in [0.29, 0.717) is 29.2 Å². The smallest absolute Gasteiger partial charge is 0.345 e. The first-order chi connectivity index (χ1) is 21.2. The van der Waals surface area contributed by atoms with Crippen LogP contribution < -0.4 is 10.3 Å². The second-order valence-corrected chi connectivity index (χ2v) is 10.2. The van der Waals surface area contributed by atoms with Crippen molar-refractivity contribution in [2.45, 2.75) is 33.5 Å². The summed E-state index contributed by atoms with van der Waals surface area (Å²) in [5.74, 6) is -2.51. The fourth-order valence-corrected chi connectivity index (χ4v) is 4.99. The van der Waals surface area contributed by atoms with Crippen molar-refractivity contribution >= 4 is 17.7 Å². The number of hydrogen-bond donors (Lipinski definition) is 0. The van der Waals surface area contributed by atoms with E-state index in [2.05, 4.69) is 0 Å². The van der Waals surface area contributed by atoms with Crippen LogP contribution in [0, 0.1) is 11.6 Å². The van der Waals surface area contributed by atoms with Gasteiger partial charge in [-0.1, -0.05) is 36.4 Å². The number of rotatable bonds is 10. The van der Waals surface area contributed by atoms with Crippen molar-refractivity contribution < 1.29 is 27.8 Å². The number of fused-ring (bicyclic) bond motifs is 1. The molecule has 0 fully saturated rings. The number of imidazole rings is 1. The van der Waals surface area contributed by atoms with E-state index in [0.717, 1.165) is 17.7 Å². The van der Waals surface area contributed by atoms with E-state index in [1.807, 2.05) is 42.3 Å². The molecule has 5 aromatic rings. The summed E-state index contributed by atoms with van der Waals surface area (Å²) in [5, 5.41) is 0. The van der Waals surface area contributed by atoms with Gasteiger partial charge in [0.2, 0.25) is 5.78 Å². The Hall–Kier alpha value is -5.16. The van der Waals surface area contributed by atoms with Gasteiger partial charge in [-0.3, -0.25) is 14.5 Å². The first-order valence-electron chi connectivity index (χ1n) is 13.9. The number of ether oxygens (including phenoxy) is 2. The standard InChI is InChI=1S/C33H30F2N4O5/c1-4-43-32(42)26-19-38(18-25-27(34)11-8-12-28(25)35)33-36-30(23-13-15-24(16-14-23)44-21(2)40)29(39(33)31(26)41)20-37(3)17-22-9-6-5-7-10-22/h5-16,19H,4,17-18,20H2,1-3H3. The van der Waals surface area contributed by atoms with E-state index in [1.165, 1.54) is 28.2 Å². The van der Waals surface area contributed by atoms with E-state index < -0.39 is 29.1 Å². The van der Waals surface area contributed by atoms with Crippen molar-refractivity contribution in [3.8, 4) is 17.0 Å². The van der Waals surface area contributed by atoms with Gasteiger partial charge in [0.05, 0.1) is 24.5 Å². The Labute approximate surface area is 251 Å². The minimum absolute atomic E-state index is 0.0226. The van der Waals surface area contributed by atoms with E-state index >= 15 is 0 Å². The Bertz CT molecular complexity index is 1860. The summed E-state index contributed by atoms with van der Waals surface area (Å²) < 4.78 is 42.5. The van der Waals surface area contributed by atoms with Crippen LogP contribution in [0.1, 0.15) is 41.0 Å². The van der Waals surface area contributed by atoms with Crippen molar-refractivity contribution in [3.05, 3.63) is 123 Å². The van der Waals surface area contributed by atoms with Crippen LogP contribution in [0.3, 0.4) is 0 Å². The van der Waals surface area contributed by atoms with Crippen LogP contribution in [-0.2, 0) is 29.2 Å². The van der Waals surface area contributed by atoms with Crippen LogP contribution in [0.4, 0.5) is 8.78 Å². The number of esters is 2. The maximum Gasteiger partial charge on any atom is 0.345 e. The Morgan fingerprint density at radius 2 is 1.61 bits per heavy atom. The first-order valence-corrected chi connectivity index (χ1v) is 13.9. The third kappa shape index (κ3) is 6.42. The molecule has 44 heavy (non-hydrogen) atoms. The van der Waals surface area contributed by atoms with E-state index in [1.54, 1.807) is 31.2 Å². The Morgan fingerprint density at radius 3 is 2.25 bits per heavy atom. The zero-order valence-corrected chi connectivity index (χ0v) is 24.4. The lowest BCUT2D eigenvalue weighted by molar-refractivity contribution is -0.131. The Balaban J connectivity index is 1.73. The highest BCUT2D eigenvalue weighted by molar-refractivity contribution is 5.89. The summed E-state index contributed by atoms with van der Waals surface area (Å²) in [6, 6.07) is 19.9. The molecule has 0 saturated heterocycles. The molecule has 0 aliphatic heterocycles. The monoisotopic (exact) mass is 600 g/mol. The van der Waals surface area contributed by atoms with E-state index in [9.17, 15) is 23.2 Å². The van der Waals surface area contributed by atoms with Crippen LogP contribution in [0.25, 0.3) is 17.0 Å². The zero-order chi connectivity index (χ0) is 31.4. The van der Waals surface area contributed by atoms with Crippen LogP contribution in [0.15, 0.2) is 83.8 Å². The largest absolute Gasteiger partial charge is 0.462 e. The summed E-state index contributed by atoms with van der Waals surface area (Å²) in [4.78, 5) is 45.1. The molecule has 0 aliphatic rings. The molecule has 226 valence electrons. The fraction of sp³-hybridized carbons (Fsp3) is 0.212. The van der Waals surface area contributed by atoms with Gasteiger partial charge in [-0.05, 0) is 55.9 Å². The van der Waals surface area contributed by atoms with Crippen molar-refractivity contribution in [3.63, 3.8) is 0 Å². The van der Waals surface area contributed by atoms with E-state index in [-0.39, 0.29) is 36.6 Å². The normalized spacial score (nSPS) is 11.2. The van der Waals surface area contributed by atoms with Gasteiger partial charge in [0.1, 0.15) is 22.9 Å². The molecule has 0 aliphatic carbocycles. The third-order valence-corrected chi connectivity index (χ3v) is 6.92. The molecule has 0 atom stereocenters. The lowest BCUT2D eigenvalue weighted by atomic mass is 10.1. The molecule has 0 bridgehead atoms. The van der Waals surface area contributed by atoms with Gasteiger partial charge in [-0.25, -0.2) is 23.0 Å². The maximum absolute atomic E-state index is 14.8. The number of nitrogens with zero attached hydrogens (tertiary/aromatic N) is 4. The number of halogens is 2. The van der Waals surface area contributed by atoms with Gasteiger partial charge < -0.3 is 14.0 Å². The summed E-state index contributed by atoms with van der Waals surface area (Å²) in [7, 11) is 1.88. The Kier molecular flexibility index (Phi) is 8.96. The molecular weight excluding hydrogens is 570 g/mol. The second kappa shape index (κ2) is 13.0. The Morgan fingerprint density at radius 1 is 0.932 bits per heavy atom. The molecular formula is C33H30F2N4O5. The molecule has 0 radical (unpaired) electrons. The zero-order valence-electron chi connectivity index (χ0n) is 24.4. The van der Waals surface area contributed by atoms with Crippen LogP contribution in [0.2, 0.25) is 0 Å². The van der Waals surface area contributed by atoms with Crippen molar-refractivity contribution in [2.24, 2.45) is 0 Å². The van der Waals surface area contributed by atoms with Crippen LogP contribution >= 0.6 is 0 Å². The van der Waals surface area contributed by atoms with Gasteiger partial charge >= 0.3 is 11.9 Å². The summed E-state index contributed by atoms with van der Waals surface area (Å²) in [6.45, 7) is 3.33. The van der Waals surface area contributed by atoms with Crippen LogP contribution in [0.5, 0.6) is 5.75 Å². The minimum atomic E-state index is -0.869.